The zero-order valence-corrected chi connectivity index (χ0v) is 49.9. The predicted octanol–water partition coefficient (Wildman–Crippen LogP) is 17.9. The number of carbonyl (C=O) groups is 2. The summed E-state index contributed by atoms with van der Waals surface area (Å²) >= 11 is 0. The Morgan fingerprint density at radius 1 is 0.480 bits per heavy atom. The van der Waals surface area contributed by atoms with E-state index in [1.807, 2.05) is 33.3 Å². The second-order valence-corrected chi connectivity index (χ2v) is 22.5. The average Bonchev–Trinajstić information content (AvgIpc) is 3.37. The molecule has 0 radical (unpaired) electrons. The third-order valence-electron chi connectivity index (χ3n) is 12.7. The summed E-state index contributed by atoms with van der Waals surface area (Å²) in [6.07, 6.45) is 73.4. The lowest BCUT2D eigenvalue weighted by Crippen LogP contribution is -2.47. The minimum atomic E-state index is -4.71. The molecule has 0 aliphatic heterocycles. The molecule has 0 aromatic carbocycles. The van der Waals surface area contributed by atoms with Crippen LogP contribution in [0.4, 0.5) is 0 Å². The van der Waals surface area contributed by atoms with Gasteiger partial charge in [0, 0.05) is 12.8 Å². The van der Waals surface area contributed by atoms with E-state index < -0.39 is 26.6 Å². The van der Waals surface area contributed by atoms with Crippen molar-refractivity contribution in [2.75, 3.05) is 40.9 Å². The summed E-state index contributed by atoms with van der Waals surface area (Å²) in [5.74, 6) is -0.596. The molecule has 0 aromatic rings. The van der Waals surface area contributed by atoms with Crippen molar-refractivity contribution in [3.63, 3.8) is 0 Å². The maximum absolute atomic E-state index is 13.5. The maximum Gasteiger partial charge on any atom is 0.306 e. The number of phosphoric acid groups is 1. The van der Waals surface area contributed by atoms with Crippen LogP contribution in [0.5, 0.6) is 0 Å². The number of unbranched alkanes of at least 4 members (excludes halogenated alkanes) is 21. The van der Waals surface area contributed by atoms with E-state index in [4.69, 9.17) is 13.8 Å². The third kappa shape index (κ3) is 55.2. The van der Waals surface area contributed by atoms with E-state index in [1.54, 1.807) is 0 Å². The first kappa shape index (κ1) is 71.7. The van der Waals surface area contributed by atoms with E-state index in [2.05, 4.69) is 123 Å². The molecule has 0 aromatic heterocycles. The van der Waals surface area contributed by atoms with Crippen LogP contribution in [-0.4, -0.2) is 69.4 Å². The molecule has 0 fully saturated rings. The van der Waals surface area contributed by atoms with E-state index >= 15 is 0 Å². The molecule has 75 heavy (non-hydrogen) atoms. The summed E-state index contributed by atoms with van der Waals surface area (Å²) < 4.78 is 30.2. The molecule has 0 saturated carbocycles. The van der Waals surface area contributed by atoms with Crippen LogP contribution in [0.3, 0.4) is 0 Å². The molecule has 3 atom stereocenters. The summed E-state index contributed by atoms with van der Waals surface area (Å²) in [5.41, 5.74) is 0. The molecule has 0 aliphatic rings. The number of hydrogen-bond acceptors (Lipinski definition) is 7. The Kier molecular flexibility index (Phi) is 51.6. The standard InChI is InChI=1S/C65H113N2O7P/c1-7-10-13-16-19-22-25-27-29-31-32-33-34-36-38-40-43-46-49-52-55-58-65(69)74-63(56-53-50-47-44-41-24-21-18-15-12-9-3)62(61-73-75(70,71)72-60-59-67(4,5)6)66-64(68)57-54-51-48-45-42-39-37-35-30-28-26-23-20-17-14-11-8-2/h10,13,19-20,22-23,27-30,32-33,36-39,53,56,62-63H,7-9,11-12,14-18,21,24-26,31,34-35,40-52,54-55,57-61H2,1-6H3,(H-,66,68,70,71)/b13-10-,22-19-,23-20-,29-27-,30-28-,33-32-,38-36-,39-37-,56-53+. The van der Waals surface area contributed by atoms with Crippen molar-refractivity contribution in [3.8, 4) is 0 Å². The minimum absolute atomic E-state index is 0.0360. The second-order valence-electron chi connectivity index (χ2n) is 21.1. The highest BCUT2D eigenvalue weighted by atomic mass is 31.2. The molecular weight excluding hydrogens is 952 g/mol. The van der Waals surface area contributed by atoms with Crippen molar-refractivity contribution in [3.05, 3.63) is 109 Å². The molecule has 0 saturated heterocycles. The van der Waals surface area contributed by atoms with Crippen LogP contribution in [0.2, 0.25) is 0 Å². The van der Waals surface area contributed by atoms with Gasteiger partial charge in [0.2, 0.25) is 5.91 Å². The van der Waals surface area contributed by atoms with Crippen molar-refractivity contribution < 1.29 is 37.3 Å². The first-order valence-corrected chi connectivity index (χ1v) is 31.7. The van der Waals surface area contributed by atoms with Gasteiger partial charge >= 0.3 is 5.97 Å². The number of allylic oxidation sites excluding steroid dienone is 17. The number of hydrogen-bond donors (Lipinski definition) is 1. The van der Waals surface area contributed by atoms with Gasteiger partial charge in [-0.15, -0.1) is 0 Å². The number of phosphoric ester groups is 1. The lowest BCUT2D eigenvalue weighted by Gasteiger charge is -2.30. The van der Waals surface area contributed by atoms with Crippen molar-refractivity contribution >= 4 is 19.7 Å². The van der Waals surface area contributed by atoms with E-state index in [9.17, 15) is 19.0 Å². The van der Waals surface area contributed by atoms with Crippen molar-refractivity contribution in [2.45, 2.75) is 251 Å². The monoisotopic (exact) mass is 1060 g/mol. The van der Waals surface area contributed by atoms with Gasteiger partial charge in [-0.1, -0.05) is 220 Å². The quantitative estimate of drug-likeness (QED) is 0.0212. The van der Waals surface area contributed by atoms with Gasteiger partial charge in [-0.25, -0.2) is 0 Å². The molecule has 0 heterocycles. The summed E-state index contributed by atoms with van der Waals surface area (Å²) in [4.78, 5) is 39.9. The Morgan fingerprint density at radius 2 is 0.853 bits per heavy atom. The lowest BCUT2D eigenvalue weighted by atomic mass is 10.1. The number of quaternary nitrogens is 1. The van der Waals surface area contributed by atoms with Gasteiger partial charge in [0.05, 0.1) is 33.8 Å². The lowest BCUT2D eigenvalue weighted by molar-refractivity contribution is -0.870. The Labute approximate surface area is 461 Å². The fourth-order valence-electron chi connectivity index (χ4n) is 8.02. The van der Waals surface area contributed by atoms with Crippen LogP contribution < -0.4 is 10.2 Å². The van der Waals surface area contributed by atoms with Gasteiger partial charge < -0.3 is 28.5 Å². The van der Waals surface area contributed by atoms with Crippen molar-refractivity contribution in [2.24, 2.45) is 0 Å². The van der Waals surface area contributed by atoms with Crippen LogP contribution in [0, 0.1) is 0 Å². The number of nitrogens with zero attached hydrogens (tertiary/aromatic N) is 1. The highest BCUT2D eigenvalue weighted by molar-refractivity contribution is 7.45. The Balaban J connectivity index is 5.33. The van der Waals surface area contributed by atoms with Gasteiger partial charge in [-0.05, 0) is 115 Å². The molecule has 0 bridgehead atoms. The predicted molar refractivity (Wildman–Crippen MR) is 320 cm³/mol. The molecule has 1 amide bonds. The molecule has 9 nitrogen and oxygen atoms in total. The second kappa shape index (κ2) is 54.0. The molecule has 3 unspecified atom stereocenters. The van der Waals surface area contributed by atoms with E-state index in [0.29, 0.717) is 23.9 Å². The minimum Gasteiger partial charge on any atom is -0.756 e. The third-order valence-corrected chi connectivity index (χ3v) is 13.7. The SMILES string of the molecule is CC/C=C\C/C=C\C/C=C\C/C=C\C/C=C\CCCCCCCC(=O)OC(/C=C/CCCCCCCCCCC)C(COP(=O)([O-])OCC[N+](C)(C)C)NC(=O)CCCCCC/C=C\C/C=C\C/C=C\CCCCC. The van der Waals surface area contributed by atoms with E-state index in [0.717, 1.165) is 122 Å². The smallest absolute Gasteiger partial charge is 0.306 e. The number of ether oxygens (including phenoxy) is 1. The first-order chi connectivity index (χ1) is 36.4. The highest BCUT2D eigenvalue weighted by Crippen LogP contribution is 2.38. The zero-order chi connectivity index (χ0) is 55.0. The van der Waals surface area contributed by atoms with E-state index in [-0.39, 0.29) is 31.3 Å². The maximum atomic E-state index is 13.5. The van der Waals surface area contributed by atoms with Crippen LogP contribution in [0.15, 0.2) is 109 Å². The molecule has 0 aliphatic carbocycles. The molecule has 10 heteroatoms. The zero-order valence-electron chi connectivity index (χ0n) is 49.0. The fraction of sp³-hybridized carbons (Fsp3) is 0.692. The molecule has 430 valence electrons. The normalized spacial score (nSPS) is 14.5. The van der Waals surface area contributed by atoms with Crippen LogP contribution >= 0.6 is 7.82 Å². The van der Waals surface area contributed by atoms with Gasteiger partial charge in [0.15, 0.2) is 0 Å². The topological polar surface area (TPSA) is 114 Å². The Morgan fingerprint density at radius 3 is 1.31 bits per heavy atom. The van der Waals surface area contributed by atoms with Gasteiger partial charge in [0.1, 0.15) is 19.3 Å². The number of likely N-dealkylation sites (N-methyl/N-ethyl adjacent to an activating group) is 1. The summed E-state index contributed by atoms with van der Waals surface area (Å²) in [5, 5.41) is 3.00. The first-order valence-electron chi connectivity index (χ1n) is 30.2. The largest absolute Gasteiger partial charge is 0.756 e. The van der Waals surface area contributed by atoms with Gasteiger partial charge in [-0.3, -0.25) is 14.2 Å². The fourth-order valence-corrected chi connectivity index (χ4v) is 8.75. The van der Waals surface area contributed by atoms with Gasteiger partial charge in [-0.2, -0.15) is 0 Å². The molecular formula is C65H113N2O7P. The molecule has 0 rings (SSSR count). The number of nitrogens with one attached hydrogen (secondary N) is 1. The number of rotatable bonds is 53. The van der Waals surface area contributed by atoms with Crippen LogP contribution in [0.25, 0.3) is 0 Å². The van der Waals surface area contributed by atoms with Crippen LogP contribution in [0.1, 0.15) is 239 Å². The average molecular weight is 1070 g/mol. The molecule has 1 N–H and O–H groups in total. The Bertz CT molecular complexity index is 1650. The molecule has 0 spiro atoms. The number of esters is 1. The Hall–Kier alpha value is -3.33. The van der Waals surface area contributed by atoms with E-state index in [1.165, 1.54) is 70.6 Å². The number of amides is 1. The van der Waals surface area contributed by atoms with Gasteiger partial charge in [0.25, 0.3) is 7.82 Å². The summed E-state index contributed by atoms with van der Waals surface area (Å²) in [7, 11) is 1.14. The van der Waals surface area contributed by atoms with Crippen LogP contribution in [-0.2, 0) is 27.9 Å². The summed E-state index contributed by atoms with van der Waals surface area (Å²) in [6, 6.07) is -0.915. The summed E-state index contributed by atoms with van der Waals surface area (Å²) in [6.45, 7) is 6.65. The van der Waals surface area contributed by atoms with Crippen molar-refractivity contribution in [1.82, 2.24) is 5.32 Å². The highest BCUT2D eigenvalue weighted by Gasteiger charge is 2.27. The number of carbonyl (C=O) groups excluding carboxylic acids is 2. The van der Waals surface area contributed by atoms with Crippen molar-refractivity contribution in [1.29, 1.82) is 0 Å².